The van der Waals surface area contributed by atoms with Crippen molar-refractivity contribution in [1.82, 2.24) is 0 Å². The van der Waals surface area contributed by atoms with Crippen molar-refractivity contribution in [3.8, 4) is 55.6 Å². The summed E-state index contributed by atoms with van der Waals surface area (Å²) in [6.45, 7) is 0. The number of furan rings is 1. The first kappa shape index (κ1) is 35.5. The second kappa shape index (κ2) is 13.9. The van der Waals surface area contributed by atoms with Crippen LogP contribution in [0.4, 0.5) is 17.1 Å². The molecule has 1 spiro atoms. The maximum Gasteiger partial charge on any atom is 0.136 e. The molecule has 2 aliphatic carbocycles. The lowest BCUT2D eigenvalue weighted by atomic mass is 9.65. The third-order valence-electron chi connectivity index (χ3n) is 13.5. The molecule has 1 heterocycles. The van der Waals surface area contributed by atoms with Crippen molar-refractivity contribution in [2.45, 2.75) is 5.41 Å². The lowest BCUT2D eigenvalue weighted by Crippen LogP contribution is -2.29. The maximum absolute atomic E-state index is 6.61. The molecule has 2 nitrogen and oxygen atoms in total. The Hall–Kier alpha value is -8.20. The van der Waals surface area contributed by atoms with E-state index in [1.54, 1.807) is 0 Å². The van der Waals surface area contributed by atoms with Crippen LogP contribution in [0.2, 0.25) is 0 Å². The van der Waals surface area contributed by atoms with Crippen LogP contribution in [0.1, 0.15) is 22.3 Å². The molecule has 0 fully saturated rings. The zero-order chi connectivity index (χ0) is 41.5. The number of benzene rings is 10. The van der Waals surface area contributed by atoms with Crippen LogP contribution < -0.4 is 4.90 Å². The SMILES string of the molecule is c1ccc(-c2ccc(N(c3ccc4c(c3)C3(c5ccccc5-c5ccccc5-4)c4ccccc4-c4c3ccc3oc5ccccc5c43)c3ccccc3-c3ccccc3)cc2)cc1. The average molecular weight is 802 g/mol. The van der Waals surface area contributed by atoms with Gasteiger partial charge in [-0.05, 0) is 115 Å². The van der Waals surface area contributed by atoms with E-state index in [1.807, 2.05) is 0 Å². The number of fused-ring (bicyclic) bond motifs is 16. The normalized spacial score (nSPS) is 14.4. The highest BCUT2D eigenvalue weighted by atomic mass is 16.3. The predicted molar refractivity (Wildman–Crippen MR) is 261 cm³/mol. The smallest absolute Gasteiger partial charge is 0.136 e. The van der Waals surface area contributed by atoms with Gasteiger partial charge in [0, 0.05) is 27.7 Å². The van der Waals surface area contributed by atoms with Gasteiger partial charge in [-0.3, -0.25) is 0 Å². The van der Waals surface area contributed by atoms with Crippen molar-refractivity contribution < 1.29 is 4.42 Å². The number of para-hydroxylation sites is 2. The van der Waals surface area contributed by atoms with E-state index < -0.39 is 5.41 Å². The van der Waals surface area contributed by atoms with Crippen LogP contribution in [0.3, 0.4) is 0 Å². The molecule has 10 aromatic carbocycles. The molecule has 0 amide bonds. The Morgan fingerprint density at radius 2 is 0.857 bits per heavy atom. The van der Waals surface area contributed by atoms with Crippen LogP contribution in [0.15, 0.2) is 241 Å². The van der Waals surface area contributed by atoms with Crippen molar-refractivity contribution in [2.24, 2.45) is 0 Å². The van der Waals surface area contributed by atoms with Gasteiger partial charge in [0.25, 0.3) is 0 Å². The highest BCUT2D eigenvalue weighted by molar-refractivity contribution is 6.16. The Kier molecular flexibility index (Phi) is 7.85. The fraction of sp³-hybridized carbons (Fsp3) is 0.0164. The molecule has 0 bridgehead atoms. The molecule has 2 heteroatoms. The number of nitrogens with zero attached hydrogens (tertiary/aromatic N) is 1. The van der Waals surface area contributed by atoms with Gasteiger partial charge < -0.3 is 9.32 Å². The Morgan fingerprint density at radius 1 is 0.317 bits per heavy atom. The molecule has 13 rings (SSSR count). The predicted octanol–water partition coefficient (Wildman–Crippen LogP) is 16.4. The summed E-state index contributed by atoms with van der Waals surface area (Å²) in [5.41, 5.74) is 21.6. The summed E-state index contributed by atoms with van der Waals surface area (Å²) in [4.78, 5) is 2.46. The highest BCUT2D eigenvalue weighted by Gasteiger charge is 2.50. The minimum Gasteiger partial charge on any atom is -0.456 e. The summed E-state index contributed by atoms with van der Waals surface area (Å²) in [6.07, 6.45) is 0. The van der Waals surface area contributed by atoms with E-state index in [9.17, 15) is 0 Å². The molecule has 0 radical (unpaired) electrons. The second-order valence-electron chi connectivity index (χ2n) is 16.7. The summed E-state index contributed by atoms with van der Waals surface area (Å²) in [5, 5.41) is 2.30. The first-order valence-corrected chi connectivity index (χ1v) is 21.8. The second-order valence-corrected chi connectivity index (χ2v) is 16.7. The standard InChI is InChI=1S/C61H39NO/c1-3-17-40(18-4-1)41-31-33-43(34-32-41)62(56-29-15-11-21-45(56)42-19-5-2-6-20-42)44-35-36-49-47-23-8-7-22-46(47)48-24-9-13-27-52(48)61(55(49)39-44)53-28-14-10-25-50(53)59-54(61)37-38-58-60(59)51-26-12-16-30-57(51)63-58/h1-39H. The summed E-state index contributed by atoms with van der Waals surface area (Å²) in [5.74, 6) is 0. The zero-order valence-electron chi connectivity index (χ0n) is 34.4. The average Bonchev–Trinajstić information content (AvgIpc) is 3.85. The van der Waals surface area contributed by atoms with Crippen molar-refractivity contribution >= 4 is 39.0 Å². The summed E-state index contributed by atoms with van der Waals surface area (Å²) in [6, 6.07) is 86.8. The summed E-state index contributed by atoms with van der Waals surface area (Å²) < 4.78 is 6.61. The lowest BCUT2D eigenvalue weighted by Gasteiger charge is -2.36. The molecule has 0 N–H and O–H groups in total. The monoisotopic (exact) mass is 801 g/mol. The van der Waals surface area contributed by atoms with Crippen molar-refractivity contribution in [2.75, 3.05) is 4.90 Å². The van der Waals surface area contributed by atoms with Gasteiger partial charge in [0.2, 0.25) is 0 Å². The Balaban J connectivity index is 1.15. The van der Waals surface area contributed by atoms with Crippen LogP contribution in [-0.4, -0.2) is 0 Å². The van der Waals surface area contributed by atoms with Crippen molar-refractivity contribution in [1.29, 1.82) is 0 Å². The van der Waals surface area contributed by atoms with E-state index >= 15 is 0 Å². The van der Waals surface area contributed by atoms with Gasteiger partial charge in [-0.25, -0.2) is 0 Å². The fourth-order valence-electron chi connectivity index (χ4n) is 10.9. The molecule has 1 atom stereocenters. The lowest BCUT2D eigenvalue weighted by molar-refractivity contribution is 0.668. The van der Waals surface area contributed by atoms with E-state index in [2.05, 4.69) is 241 Å². The number of anilines is 3. The molecule has 2 aliphatic rings. The summed E-state index contributed by atoms with van der Waals surface area (Å²) >= 11 is 0. The van der Waals surface area contributed by atoms with E-state index in [0.717, 1.165) is 39.2 Å². The zero-order valence-corrected chi connectivity index (χ0v) is 34.4. The third kappa shape index (κ3) is 5.19. The van der Waals surface area contributed by atoms with Crippen LogP contribution in [0, 0.1) is 0 Å². The molecule has 0 saturated carbocycles. The van der Waals surface area contributed by atoms with Crippen LogP contribution >= 0.6 is 0 Å². The van der Waals surface area contributed by atoms with Crippen LogP contribution in [0.25, 0.3) is 77.6 Å². The van der Waals surface area contributed by atoms with Gasteiger partial charge in [-0.2, -0.15) is 0 Å². The largest absolute Gasteiger partial charge is 0.456 e. The van der Waals surface area contributed by atoms with Crippen LogP contribution in [0.5, 0.6) is 0 Å². The number of hydrogen-bond donors (Lipinski definition) is 0. The minimum absolute atomic E-state index is 0.679. The van der Waals surface area contributed by atoms with Crippen molar-refractivity contribution in [3.63, 3.8) is 0 Å². The number of hydrogen-bond acceptors (Lipinski definition) is 2. The van der Waals surface area contributed by atoms with Crippen molar-refractivity contribution in [3.05, 3.63) is 259 Å². The fourth-order valence-corrected chi connectivity index (χ4v) is 10.9. The number of rotatable bonds is 5. The third-order valence-corrected chi connectivity index (χ3v) is 13.5. The van der Waals surface area contributed by atoms with Gasteiger partial charge in [0.15, 0.2) is 0 Å². The van der Waals surface area contributed by atoms with Gasteiger partial charge in [0.1, 0.15) is 11.2 Å². The van der Waals surface area contributed by atoms with E-state index in [4.69, 9.17) is 4.42 Å². The Bertz CT molecular complexity index is 3570. The molecular formula is C61H39NO. The molecule has 1 aromatic heterocycles. The molecular weight excluding hydrogens is 763 g/mol. The first-order valence-electron chi connectivity index (χ1n) is 21.8. The van der Waals surface area contributed by atoms with E-state index in [1.165, 1.54) is 77.7 Å². The molecule has 0 aliphatic heterocycles. The Labute approximate surface area is 366 Å². The minimum atomic E-state index is -0.679. The first-order chi connectivity index (χ1) is 31.3. The van der Waals surface area contributed by atoms with Gasteiger partial charge >= 0.3 is 0 Å². The maximum atomic E-state index is 6.61. The Morgan fingerprint density at radius 3 is 1.60 bits per heavy atom. The van der Waals surface area contributed by atoms with Gasteiger partial charge in [0.05, 0.1) is 11.1 Å². The topological polar surface area (TPSA) is 16.4 Å². The highest BCUT2D eigenvalue weighted by Crippen LogP contribution is 2.63. The summed E-state index contributed by atoms with van der Waals surface area (Å²) in [7, 11) is 0. The van der Waals surface area contributed by atoms with Gasteiger partial charge in [-0.15, -0.1) is 0 Å². The molecule has 294 valence electrons. The van der Waals surface area contributed by atoms with E-state index in [-0.39, 0.29) is 0 Å². The molecule has 0 saturated heterocycles. The molecule has 63 heavy (non-hydrogen) atoms. The van der Waals surface area contributed by atoms with Crippen LogP contribution in [-0.2, 0) is 5.41 Å². The van der Waals surface area contributed by atoms with Gasteiger partial charge in [-0.1, -0.05) is 194 Å². The molecule has 11 aromatic rings. The quantitative estimate of drug-likeness (QED) is 0.172. The molecule has 1 unspecified atom stereocenters. The van der Waals surface area contributed by atoms with E-state index in [0.29, 0.717) is 0 Å².